The van der Waals surface area contributed by atoms with Crippen molar-refractivity contribution in [2.24, 2.45) is 0 Å². The molecule has 0 saturated heterocycles. The van der Waals surface area contributed by atoms with E-state index in [1.165, 1.54) is 5.56 Å². The zero-order chi connectivity index (χ0) is 21.4. The van der Waals surface area contributed by atoms with E-state index in [1.807, 2.05) is 54.0 Å². The number of aryl methyl sites for hydroxylation is 1. The van der Waals surface area contributed by atoms with Crippen LogP contribution in [0.3, 0.4) is 0 Å². The van der Waals surface area contributed by atoms with Gasteiger partial charge < -0.3 is 9.88 Å². The molecule has 0 aliphatic carbocycles. The minimum Gasteiger partial charge on any atom is -0.352 e. The molecule has 4 aromatic rings. The highest BCUT2D eigenvalue weighted by atomic mass is 32.2. The molecule has 0 spiro atoms. The standard InChI is InChI=1S/C24H24N4O2S/c1-16(11-12-17-7-3-2-4-8-17)25-20(29)15-28-19-10-6-5-9-18(19)21-22(28)23(30)27-13-14-31-24(27)26-21/h2-10,16H,11-15H2,1H3,(H,25,29). The van der Waals surface area contributed by atoms with E-state index < -0.39 is 0 Å². The number of carbonyl (C=O) groups excluding carboxylic acids is 1. The van der Waals surface area contributed by atoms with E-state index >= 15 is 0 Å². The molecule has 1 atom stereocenters. The van der Waals surface area contributed by atoms with Gasteiger partial charge in [-0.3, -0.25) is 14.2 Å². The van der Waals surface area contributed by atoms with Crippen LogP contribution >= 0.6 is 11.8 Å². The maximum absolute atomic E-state index is 13.2. The molecular formula is C24H24N4O2S. The second-order valence-electron chi connectivity index (χ2n) is 7.99. The molecule has 7 heteroatoms. The van der Waals surface area contributed by atoms with Crippen molar-refractivity contribution in [3.8, 4) is 0 Å². The Balaban J connectivity index is 1.42. The molecule has 5 rings (SSSR count). The predicted octanol–water partition coefficient (Wildman–Crippen LogP) is 3.59. The number of hydrogen-bond donors (Lipinski definition) is 1. The van der Waals surface area contributed by atoms with Gasteiger partial charge in [-0.25, -0.2) is 4.98 Å². The number of rotatable bonds is 6. The van der Waals surface area contributed by atoms with Gasteiger partial charge in [-0.05, 0) is 31.4 Å². The third-order valence-corrected chi connectivity index (χ3v) is 6.75. The molecule has 1 amide bonds. The van der Waals surface area contributed by atoms with E-state index in [0.717, 1.165) is 34.7 Å². The number of carbonyl (C=O) groups is 1. The quantitative estimate of drug-likeness (QED) is 0.473. The Kier molecular flexibility index (Phi) is 5.28. The van der Waals surface area contributed by atoms with Crippen LogP contribution < -0.4 is 10.9 Å². The fourth-order valence-corrected chi connectivity index (χ4v) is 5.19. The van der Waals surface area contributed by atoms with Crippen LogP contribution in [0, 0.1) is 0 Å². The van der Waals surface area contributed by atoms with E-state index in [0.29, 0.717) is 17.6 Å². The summed E-state index contributed by atoms with van der Waals surface area (Å²) in [5.41, 5.74) is 3.26. The average molecular weight is 433 g/mol. The lowest BCUT2D eigenvalue weighted by atomic mass is 10.1. The Labute approximate surface area is 184 Å². The van der Waals surface area contributed by atoms with Crippen molar-refractivity contribution in [2.75, 3.05) is 5.75 Å². The van der Waals surface area contributed by atoms with Crippen molar-refractivity contribution in [1.29, 1.82) is 0 Å². The summed E-state index contributed by atoms with van der Waals surface area (Å²) >= 11 is 1.60. The Hall–Kier alpha value is -3.06. The van der Waals surface area contributed by atoms with E-state index in [9.17, 15) is 9.59 Å². The number of thioether (sulfide) groups is 1. The monoisotopic (exact) mass is 432 g/mol. The number of aromatic nitrogens is 3. The third kappa shape index (κ3) is 3.74. The van der Waals surface area contributed by atoms with Crippen LogP contribution in [-0.2, 0) is 24.3 Å². The van der Waals surface area contributed by atoms with Crippen LogP contribution in [0.5, 0.6) is 0 Å². The Bertz CT molecular complexity index is 1330. The van der Waals surface area contributed by atoms with E-state index in [-0.39, 0.29) is 24.1 Å². The molecular weight excluding hydrogens is 408 g/mol. The summed E-state index contributed by atoms with van der Waals surface area (Å²) in [5.74, 6) is 0.758. The van der Waals surface area contributed by atoms with Crippen molar-refractivity contribution in [2.45, 2.75) is 44.1 Å². The smallest absolute Gasteiger partial charge is 0.278 e. The van der Waals surface area contributed by atoms with Crippen molar-refractivity contribution < 1.29 is 4.79 Å². The second kappa shape index (κ2) is 8.23. The van der Waals surface area contributed by atoms with Crippen LogP contribution in [0.15, 0.2) is 64.5 Å². The Morgan fingerprint density at radius 3 is 2.77 bits per heavy atom. The fraction of sp³-hybridized carbons (Fsp3) is 0.292. The number of para-hydroxylation sites is 1. The SMILES string of the molecule is CC(CCc1ccccc1)NC(=O)Cn1c2ccccc2c2nc3n(c(=O)c21)CCS3. The van der Waals surface area contributed by atoms with Gasteiger partial charge in [0.05, 0.1) is 5.52 Å². The number of fused-ring (bicyclic) bond motifs is 4. The van der Waals surface area contributed by atoms with Gasteiger partial charge in [0.2, 0.25) is 5.91 Å². The highest BCUT2D eigenvalue weighted by molar-refractivity contribution is 7.99. The summed E-state index contributed by atoms with van der Waals surface area (Å²) in [6.07, 6.45) is 1.77. The molecule has 1 N–H and O–H groups in total. The Morgan fingerprint density at radius 2 is 1.94 bits per heavy atom. The molecule has 2 aromatic carbocycles. The first-order chi connectivity index (χ1) is 15.1. The van der Waals surface area contributed by atoms with Crippen LogP contribution in [0.25, 0.3) is 21.9 Å². The van der Waals surface area contributed by atoms with Crippen LogP contribution in [0.2, 0.25) is 0 Å². The number of amides is 1. The summed E-state index contributed by atoms with van der Waals surface area (Å²) in [6, 6.07) is 18.1. The van der Waals surface area contributed by atoms with E-state index in [4.69, 9.17) is 4.98 Å². The summed E-state index contributed by atoms with van der Waals surface area (Å²) in [7, 11) is 0. The second-order valence-corrected chi connectivity index (χ2v) is 9.06. The van der Waals surface area contributed by atoms with Gasteiger partial charge >= 0.3 is 0 Å². The summed E-state index contributed by atoms with van der Waals surface area (Å²) < 4.78 is 3.55. The van der Waals surface area contributed by atoms with Gasteiger partial charge in [-0.15, -0.1) is 0 Å². The largest absolute Gasteiger partial charge is 0.352 e. The zero-order valence-electron chi connectivity index (χ0n) is 17.4. The van der Waals surface area contributed by atoms with Crippen molar-refractivity contribution in [3.63, 3.8) is 0 Å². The minimum absolute atomic E-state index is 0.0423. The third-order valence-electron chi connectivity index (χ3n) is 5.79. The normalized spacial score (nSPS) is 14.1. The zero-order valence-corrected chi connectivity index (χ0v) is 18.2. The van der Waals surface area contributed by atoms with Crippen molar-refractivity contribution >= 4 is 39.6 Å². The minimum atomic E-state index is -0.0949. The highest BCUT2D eigenvalue weighted by Gasteiger charge is 2.23. The molecule has 0 radical (unpaired) electrons. The molecule has 0 bridgehead atoms. The fourth-order valence-electron chi connectivity index (χ4n) is 4.25. The first-order valence-corrected chi connectivity index (χ1v) is 11.6. The van der Waals surface area contributed by atoms with Gasteiger partial charge in [0.25, 0.3) is 5.56 Å². The van der Waals surface area contributed by atoms with Crippen LogP contribution in [0.4, 0.5) is 0 Å². The highest BCUT2D eigenvalue weighted by Crippen LogP contribution is 2.29. The predicted molar refractivity (Wildman–Crippen MR) is 125 cm³/mol. The van der Waals surface area contributed by atoms with Gasteiger partial charge in [0, 0.05) is 23.7 Å². The first kappa shape index (κ1) is 19.9. The first-order valence-electron chi connectivity index (χ1n) is 10.6. The lowest BCUT2D eigenvalue weighted by Gasteiger charge is -2.15. The van der Waals surface area contributed by atoms with Crippen LogP contribution in [0.1, 0.15) is 18.9 Å². The molecule has 1 aliphatic heterocycles. The number of benzene rings is 2. The molecule has 0 fully saturated rings. The molecule has 3 heterocycles. The lowest BCUT2D eigenvalue weighted by molar-refractivity contribution is -0.122. The van der Waals surface area contributed by atoms with Gasteiger partial charge in [0.1, 0.15) is 17.6 Å². The molecule has 1 unspecified atom stereocenters. The van der Waals surface area contributed by atoms with Gasteiger partial charge in [-0.1, -0.05) is 60.3 Å². The lowest BCUT2D eigenvalue weighted by Crippen LogP contribution is -2.36. The molecule has 158 valence electrons. The van der Waals surface area contributed by atoms with E-state index in [2.05, 4.69) is 17.4 Å². The molecule has 31 heavy (non-hydrogen) atoms. The topological polar surface area (TPSA) is 68.9 Å². The van der Waals surface area contributed by atoms with Crippen molar-refractivity contribution in [1.82, 2.24) is 19.4 Å². The average Bonchev–Trinajstić information content (AvgIpc) is 3.37. The number of hydrogen-bond acceptors (Lipinski definition) is 4. The maximum Gasteiger partial charge on any atom is 0.278 e. The van der Waals surface area contributed by atoms with E-state index in [1.54, 1.807) is 16.3 Å². The van der Waals surface area contributed by atoms with Crippen LogP contribution in [-0.4, -0.2) is 31.8 Å². The molecule has 2 aromatic heterocycles. The molecule has 0 saturated carbocycles. The Morgan fingerprint density at radius 1 is 1.16 bits per heavy atom. The van der Waals surface area contributed by atoms with Gasteiger partial charge in [-0.2, -0.15) is 0 Å². The van der Waals surface area contributed by atoms with Crippen molar-refractivity contribution in [3.05, 3.63) is 70.5 Å². The number of nitrogens with zero attached hydrogens (tertiary/aromatic N) is 3. The summed E-state index contributed by atoms with van der Waals surface area (Å²) in [6.45, 7) is 2.78. The van der Waals surface area contributed by atoms with Gasteiger partial charge in [0.15, 0.2) is 5.16 Å². The summed E-state index contributed by atoms with van der Waals surface area (Å²) in [4.78, 5) is 30.9. The molecule has 1 aliphatic rings. The summed E-state index contributed by atoms with van der Waals surface area (Å²) in [5, 5.41) is 4.77. The number of nitrogens with one attached hydrogen (secondary N) is 1. The molecule has 6 nitrogen and oxygen atoms in total. The maximum atomic E-state index is 13.2.